The highest BCUT2D eigenvalue weighted by Gasteiger charge is 2.12. The summed E-state index contributed by atoms with van der Waals surface area (Å²) in [6.45, 7) is 2.37. The van der Waals surface area contributed by atoms with Gasteiger partial charge in [-0.3, -0.25) is 4.98 Å². The quantitative estimate of drug-likeness (QED) is 0.777. The fourth-order valence-electron chi connectivity index (χ4n) is 2.34. The fraction of sp³-hybridized carbons (Fsp3) is 0.267. The van der Waals surface area contributed by atoms with Crippen molar-refractivity contribution in [3.8, 4) is 11.1 Å². The van der Waals surface area contributed by atoms with Crippen molar-refractivity contribution < 1.29 is 0 Å². The molecule has 2 aromatic rings. The lowest BCUT2D eigenvalue weighted by Gasteiger charge is -2.18. The Hall–Kier alpha value is -1.83. The zero-order valence-electron chi connectivity index (χ0n) is 9.76. The van der Waals surface area contributed by atoms with E-state index in [9.17, 15) is 0 Å². The molecule has 85 valence electrons. The first-order chi connectivity index (χ1) is 8.43. The number of nitrogens with zero attached hydrogens (tertiary/aromatic N) is 2. The van der Waals surface area contributed by atoms with Crippen molar-refractivity contribution in [2.45, 2.75) is 12.8 Å². The first kappa shape index (κ1) is 10.3. The molecule has 1 fully saturated rings. The lowest BCUT2D eigenvalue weighted by atomic mass is 10.1. The highest BCUT2D eigenvalue weighted by molar-refractivity contribution is 5.67. The van der Waals surface area contributed by atoms with Gasteiger partial charge >= 0.3 is 0 Å². The van der Waals surface area contributed by atoms with E-state index < -0.39 is 0 Å². The molecule has 2 nitrogen and oxygen atoms in total. The molecule has 0 unspecified atom stereocenters. The second-order valence-corrected chi connectivity index (χ2v) is 4.42. The summed E-state index contributed by atoms with van der Waals surface area (Å²) < 4.78 is 0. The molecule has 1 aromatic heterocycles. The molecule has 1 aliphatic rings. The van der Waals surface area contributed by atoms with Crippen LogP contribution >= 0.6 is 0 Å². The summed E-state index contributed by atoms with van der Waals surface area (Å²) in [5.41, 5.74) is 3.68. The molecule has 0 bridgehead atoms. The van der Waals surface area contributed by atoms with Crippen LogP contribution in [0.3, 0.4) is 0 Å². The number of pyridine rings is 1. The summed E-state index contributed by atoms with van der Waals surface area (Å²) in [6.07, 6.45) is 6.20. The molecule has 0 aliphatic carbocycles. The van der Waals surface area contributed by atoms with Crippen LogP contribution in [0.25, 0.3) is 11.1 Å². The van der Waals surface area contributed by atoms with E-state index in [-0.39, 0.29) is 0 Å². The van der Waals surface area contributed by atoms with E-state index in [4.69, 9.17) is 0 Å². The Balaban J connectivity index is 1.94. The van der Waals surface area contributed by atoms with Gasteiger partial charge in [-0.05, 0) is 36.6 Å². The van der Waals surface area contributed by atoms with Gasteiger partial charge in [-0.25, -0.2) is 0 Å². The van der Waals surface area contributed by atoms with Crippen molar-refractivity contribution in [2.75, 3.05) is 18.0 Å². The minimum absolute atomic E-state index is 1.13. The second-order valence-electron chi connectivity index (χ2n) is 4.42. The van der Waals surface area contributed by atoms with Crippen LogP contribution in [-0.4, -0.2) is 18.1 Å². The minimum atomic E-state index is 1.13. The Labute approximate surface area is 102 Å². The van der Waals surface area contributed by atoms with Crippen LogP contribution in [0.5, 0.6) is 0 Å². The molecule has 2 heterocycles. The van der Waals surface area contributed by atoms with Gasteiger partial charge in [0.25, 0.3) is 0 Å². The van der Waals surface area contributed by atoms with E-state index >= 15 is 0 Å². The lowest BCUT2D eigenvalue weighted by Crippen LogP contribution is -2.17. The van der Waals surface area contributed by atoms with Gasteiger partial charge in [0, 0.05) is 42.8 Å². The van der Waals surface area contributed by atoms with Crippen molar-refractivity contribution in [3.63, 3.8) is 0 Å². The Morgan fingerprint density at radius 3 is 2.76 bits per heavy atom. The predicted molar refractivity (Wildman–Crippen MR) is 70.0 cm³/mol. The zero-order valence-corrected chi connectivity index (χ0v) is 9.76. The average molecular weight is 223 g/mol. The summed E-state index contributed by atoms with van der Waals surface area (Å²) in [5, 5.41) is 0. The average Bonchev–Trinajstić information content (AvgIpc) is 2.94. The lowest BCUT2D eigenvalue weighted by molar-refractivity contribution is 0.949. The fourth-order valence-corrected chi connectivity index (χ4v) is 2.34. The highest BCUT2D eigenvalue weighted by atomic mass is 15.1. The number of aromatic nitrogens is 1. The molecule has 0 amide bonds. The summed E-state index contributed by atoms with van der Waals surface area (Å²) in [5.74, 6) is 0. The van der Waals surface area contributed by atoms with Gasteiger partial charge in [0.05, 0.1) is 0 Å². The van der Waals surface area contributed by atoms with E-state index in [0.717, 1.165) is 5.56 Å². The Bertz CT molecular complexity index is 487. The van der Waals surface area contributed by atoms with E-state index in [0.29, 0.717) is 0 Å². The van der Waals surface area contributed by atoms with Crippen LogP contribution in [0.15, 0.2) is 42.7 Å². The largest absolute Gasteiger partial charge is 0.372 e. The van der Waals surface area contributed by atoms with Crippen LogP contribution in [-0.2, 0) is 0 Å². The van der Waals surface area contributed by atoms with Gasteiger partial charge in [0.15, 0.2) is 0 Å². The topological polar surface area (TPSA) is 16.1 Å². The first-order valence-corrected chi connectivity index (χ1v) is 6.10. The van der Waals surface area contributed by atoms with Crippen molar-refractivity contribution in [1.82, 2.24) is 4.98 Å². The third-order valence-corrected chi connectivity index (χ3v) is 3.25. The minimum Gasteiger partial charge on any atom is -0.372 e. The molecule has 17 heavy (non-hydrogen) atoms. The first-order valence-electron chi connectivity index (χ1n) is 6.10. The van der Waals surface area contributed by atoms with Gasteiger partial charge in [0.2, 0.25) is 0 Å². The molecular formula is C15H15N2. The van der Waals surface area contributed by atoms with Gasteiger partial charge in [0.1, 0.15) is 0 Å². The number of hydrogen-bond donors (Lipinski definition) is 0. The Morgan fingerprint density at radius 1 is 1.12 bits per heavy atom. The van der Waals surface area contributed by atoms with Crippen molar-refractivity contribution in [1.29, 1.82) is 0 Å². The van der Waals surface area contributed by atoms with Gasteiger partial charge in [-0.1, -0.05) is 12.1 Å². The highest BCUT2D eigenvalue weighted by Crippen LogP contribution is 2.26. The molecule has 1 saturated heterocycles. The predicted octanol–water partition coefficient (Wildman–Crippen LogP) is 3.15. The normalized spacial score (nSPS) is 15.2. The maximum Gasteiger partial charge on any atom is 0.0372 e. The summed E-state index contributed by atoms with van der Waals surface area (Å²) in [7, 11) is 0. The standard InChI is InChI=1S/C15H15N2/c1-2-10-17(9-1)15-7-3-5-13(11-15)14-6-4-8-16-12-14/h3,5-8,11-12H,1-2,9-10H2. The third-order valence-electron chi connectivity index (χ3n) is 3.25. The van der Waals surface area contributed by atoms with Crippen LogP contribution < -0.4 is 4.90 Å². The number of hydrogen-bond acceptors (Lipinski definition) is 2. The second kappa shape index (κ2) is 4.58. The van der Waals surface area contributed by atoms with E-state index in [2.05, 4.69) is 40.2 Å². The summed E-state index contributed by atoms with van der Waals surface area (Å²) >= 11 is 0. The smallest absolute Gasteiger partial charge is 0.0372 e. The number of benzene rings is 1. The third kappa shape index (κ3) is 2.16. The Kier molecular flexibility index (Phi) is 2.78. The SMILES string of the molecule is [c]1cncc(-c2cccc(N3CCCC3)c2)c1. The van der Waals surface area contributed by atoms with Gasteiger partial charge < -0.3 is 4.90 Å². The van der Waals surface area contributed by atoms with E-state index in [1.165, 1.54) is 37.2 Å². The van der Waals surface area contributed by atoms with Crippen molar-refractivity contribution in [3.05, 3.63) is 48.8 Å². The molecule has 2 heteroatoms. The molecule has 1 aromatic carbocycles. The molecule has 3 rings (SSSR count). The number of rotatable bonds is 2. The molecule has 1 aliphatic heterocycles. The Morgan fingerprint density at radius 2 is 2.00 bits per heavy atom. The molecular weight excluding hydrogens is 208 g/mol. The van der Waals surface area contributed by atoms with Crippen LogP contribution in [0.4, 0.5) is 5.69 Å². The van der Waals surface area contributed by atoms with Gasteiger partial charge in [-0.15, -0.1) is 0 Å². The zero-order chi connectivity index (χ0) is 11.5. The van der Waals surface area contributed by atoms with Crippen LogP contribution in [0.1, 0.15) is 12.8 Å². The molecule has 0 spiro atoms. The summed E-state index contributed by atoms with van der Waals surface area (Å²) in [4.78, 5) is 6.57. The van der Waals surface area contributed by atoms with Crippen LogP contribution in [0, 0.1) is 6.07 Å². The summed E-state index contributed by atoms with van der Waals surface area (Å²) in [6, 6.07) is 13.7. The monoisotopic (exact) mass is 223 g/mol. The van der Waals surface area contributed by atoms with E-state index in [1.807, 2.05) is 12.3 Å². The molecule has 0 N–H and O–H groups in total. The molecule has 1 radical (unpaired) electrons. The van der Waals surface area contributed by atoms with Crippen LogP contribution in [0.2, 0.25) is 0 Å². The number of anilines is 1. The maximum atomic E-state index is 4.12. The van der Waals surface area contributed by atoms with Crippen molar-refractivity contribution >= 4 is 5.69 Å². The molecule has 0 saturated carbocycles. The molecule has 0 atom stereocenters. The maximum absolute atomic E-state index is 4.12. The van der Waals surface area contributed by atoms with E-state index in [1.54, 1.807) is 6.20 Å². The van der Waals surface area contributed by atoms with Gasteiger partial charge in [-0.2, -0.15) is 0 Å². The van der Waals surface area contributed by atoms with Crippen molar-refractivity contribution in [2.24, 2.45) is 0 Å².